The van der Waals surface area contributed by atoms with Crippen LogP contribution in [0.4, 0.5) is 0 Å². The van der Waals surface area contributed by atoms with Gasteiger partial charge in [0.05, 0.1) is 11.7 Å². The first-order chi connectivity index (χ1) is 9.30. The Morgan fingerprint density at radius 1 is 1.45 bits per heavy atom. The number of hydrogen-bond donors (Lipinski definition) is 2. The molecule has 7 nitrogen and oxygen atoms in total. The number of pyridine rings is 1. The number of aliphatic hydroxyl groups is 1. The Hall–Kier alpha value is -1.51. The molecule has 2 rings (SSSR count). The average molecular weight is 300 g/mol. The van der Waals surface area contributed by atoms with Crippen molar-refractivity contribution in [3.8, 4) is 0 Å². The second kappa shape index (κ2) is 5.47. The predicted octanol–water partition coefficient (Wildman–Crippen LogP) is 0.171. The van der Waals surface area contributed by atoms with E-state index in [4.69, 9.17) is 5.11 Å². The molecule has 20 heavy (non-hydrogen) atoms. The summed E-state index contributed by atoms with van der Waals surface area (Å²) >= 11 is 0. The lowest BCUT2D eigenvalue weighted by molar-refractivity contribution is 0.0367. The average Bonchev–Trinajstić information content (AvgIpc) is 2.36. The van der Waals surface area contributed by atoms with Gasteiger partial charge in [-0.05, 0) is 30.9 Å². The van der Waals surface area contributed by atoms with Crippen molar-refractivity contribution in [2.24, 2.45) is 5.92 Å². The molecule has 0 saturated heterocycles. The highest BCUT2D eigenvalue weighted by atomic mass is 32.2. The summed E-state index contributed by atoms with van der Waals surface area (Å²) < 4.78 is 25.6. The van der Waals surface area contributed by atoms with Crippen LogP contribution >= 0.6 is 0 Å². The monoisotopic (exact) mass is 300 g/mol. The van der Waals surface area contributed by atoms with E-state index in [1.165, 1.54) is 23.5 Å². The molecule has 0 atom stereocenters. The first-order valence-electron chi connectivity index (χ1n) is 6.14. The van der Waals surface area contributed by atoms with E-state index in [0.717, 1.165) is 6.20 Å². The maximum atomic E-state index is 12.2. The van der Waals surface area contributed by atoms with Crippen LogP contribution in [0.5, 0.6) is 0 Å². The van der Waals surface area contributed by atoms with E-state index in [1.807, 2.05) is 0 Å². The van der Waals surface area contributed by atoms with Crippen LogP contribution in [0.3, 0.4) is 0 Å². The van der Waals surface area contributed by atoms with Gasteiger partial charge in [-0.25, -0.2) is 18.2 Å². The fraction of sp³-hybridized carbons (Fsp3) is 0.500. The summed E-state index contributed by atoms with van der Waals surface area (Å²) in [5.41, 5.74) is -0.0614. The number of carbonyl (C=O) groups is 1. The number of hydrogen-bond acceptors (Lipinski definition) is 5. The van der Waals surface area contributed by atoms with Crippen LogP contribution in [0, 0.1) is 5.92 Å². The third-order valence-corrected chi connectivity index (χ3v) is 5.12. The van der Waals surface area contributed by atoms with Crippen LogP contribution in [0.15, 0.2) is 23.4 Å². The van der Waals surface area contributed by atoms with E-state index < -0.39 is 16.0 Å². The zero-order valence-corrected chi connectivity index (χ0v) is 11.7. The SMILES string of the molecule is CN(CC1CC(O)C1)S(=O)(=O)c1ccc(C(=O)O)cn1. The van der Waals surface area contributed by atoms with Crippen LogP contribution in [0.2, 0.25) is 0 Å². The minimum absolute atomic E-state index is 0.0614. The predicted molar refractivity (Wildman–Crippen MR) is 69.7 cm³/mol. The van der Waals surface area contributed by atoms with Crippen molar-refractivity contribution in [1.29, 1.82) is 0 Å². The van der Waals surface area contributed by atoms with E-state index in [9.17, 15) is 18.3 Å². The molecule has 1 aromatic heterocycles. The Labute approximate surface area is 116 Å². The quantitative estimate of drug-likeness (QED) is 0.802. The first-order valence-corrected chi connectivity index (χ1v) is 7.58. The molecule has 0 bridgehead atoms. The van der Waals surface area contributed by atoms with Gasteiger partial charge in [-0.1, -0.05) is 0 Å². The van der Waals surface area contributed by atoms with Gasteiger partial charge in [0.15, 0.2) is 5.03 Å². The third kappa shape index (κ3) is 2.97. The summed E-state index contributed by atoms with van der Waals surface area (Å²) in [7, 11) is -2.27. The highest BCUT2D eigenvalue weighted by Gasteiger charge is 2.32. The van der Waals surface area contributed by atoms with Crippen molar-refractivity contribution in [2.75, 3.05) is 13.6 Å². The zero-order chi connectivity index (χ0) is 14.9. The molecule has 1 aliphatic carbocycles. The zero-order valence-electron chi connectivity index (χ0n) is 10.9. The number of carboxylic acids is 1. The maximum Gasteiger partial charge on any atom is 0.337 e. The Bertz CT molecular complexity index is 593. The molecule has 1 heterocycles. The summed E-state index contributed by atoms with van der Waals surface area (Å²) in [6, 6.07) is 2.40. The lowest BCUT2D eigenvalue weighted by atomic mass is 9.82. The van der Waals surface area contributed by atoms with Crippen LogP contribution in [-0.2, 0) is 10.0 Å². The van der Waals surface area contributed by atoms with E-state index in [2.05, 4.69) is 4.98 Å². The minimum atomic E-state index is -3.72. The Morgan fingerprint density at radius 2 is 2.10 bits per heavy atom. The topological polar surface area (TPSA) is 108 Å². The molecule has 0 unspecified atom stereocenters. The van der Waals surface area contributed by atoms with E-state index in [0.29, 0.717) is 19.4 Å². The van der Waals surface area contributed by atoms with Crippen molar-refractivity contribution in [2.45, 2.75) is 24.0 Å². The summed E-state index contributed by atoms with van der Waals surface area (Å²) in [4.78, 5) is 14.4. The number of nitrogens with zero attached hydrogens (tertiary/aromatic N) is 2. The van der Waals surface area contributed by atoms with Gasteiger partial charge in [0.2, 0.25) is 0 Å². The number of sulfonamides is 1. The molecule has 1 aromatic rings. The van der Waals surface area contributed by atoms with Crippen molar-refractivity contribution < 1.29 is 23.4 Å². The third-order valence-electron chi connectivity index (χ3n) is 3.38. The largest absolute Gasteiger partial charge is 0.478 e. The summed E-state index contributed by atoms with van der Waals surface area (Å²) in [5.74, 6) is -0.999. The highest BCUT2D eigenvalue weighted by molar-refractivity contribution is 7.89. The molecule has 1 fully saturated rings. The Morgan fingerprint density at radius 3 is 2.55 bits per heavy atom. The molecule has 0 aliphatic heterocycles. The van der Waals surface area contributed by atoms with Gasteiger partial charge in [0.25, 0.3) is 10.0 Å². The standard InChI is InChI=1S/C12H16N2O5S/c1-14(7-8-4-10(15)5-8)20(18,19)11-3-2-9(6-13-11)12(16)17/h2-3,6,8,10,15H,4-5,7H2,1H3,(H,16,17). The second-order valence-electron chi connectivity index (χ2n) is 4.97. The van der Waals surface area contributed by atoms with Gasteiger partial charge in [-0.15, -0.1) is 0 Å². The Kier molecular flexibility index (Phi) is 4.07. The fourth-order valence-corrected chi connectivity index (χ4v) is 3.28. The van der Waals surface area contributed by atoms with E-state index >= 15 is 0 Å². The van der Waals surface area contributed by atoms with E-state index in [1.54, 1.807) is 0 Å². The molecular weight excluding hydrogens is 284 g/mol. The van der Waals surface area contributed by atoms with Crippen LogP contribution in [0.25, 0.3) is 0 Å². The second-order valence-corrected chi connectivity index (χ2v) is 6.96. The van der Waals surface area contributed by atoms with Crippen LogP contribution in [0.1, 0.15) is 23.2 Å². The molecule has 1 saturated carbocycles. The molecule has 110 valence electrons. The molecule has 1 aliphatic rings. The molecule has 2 N–H and O–H groups in total. The normalized spacial score (nSPS) is 22.6. The van der Waals surface area contributed by atoms with Gasteiger partial charge < -0.3 is 10.2 Å². The van der Waals surface area contributed by atoms with E-state index in [-0.39, 0.29) is 22.6 Å². The molecule has 0 amide bonds. The summed E-state index contributed by atoms with van der Waals surface area (Å²) in [6.45, 7) is 0.321. The number of aliphatic hydroxyl groups excluding tert-OH is 1. The summed E-state index contributed by atoms with van der Waals surface area (Å²) in [5, 5.41) is 17.8. The van der Waals surface area contributed by atoms with Gasteiger partial charge in [-0.2, -0.15) is 4.31 Å². The molecule has 0 spiro atoms. The maximum absolute atomic E-state index is 12.2. The van der Waals surface area contributed by atoms with Gasteiger partial charge in [-0.3, -0.25) is 0 Å². The molecular formula is C12H16N2O5S. The van der Waals surface area contributed by atoms with Gasteiger partial charge >= 0.3 is 5.97 Å². The van der Waals surface area contributed by atoms with Gasteiger partial charge in [0.1, 0.15) is 0 Å². The van der Waals surface area contributed by atoms with Crippen LogP contribution in [-0.4, -0.2) is 53.6 Å². The first kappa shape index (κ1) is 14.9. The lowest BCUT2D eigenvalue weighted by Crippen LogP contribution is -2.39. The van der Waals surface area contributed by atoms with Crippen molar-refractivity contribution in [3.63, 3.8) is 0 Å². The number of carboxylic acid groups (broad SMARTS) is 1. The smallest absolute Gasteiger partial charge is 0.337 e. The number of aromatic nitrogens is 1. The van der Waals surface area contributed by atoms with Crippen molar-refractivity contribution in [1.82, 2.24) is 9.29 Å². The summed E-state index contributed by atoms with van der Waals surface area (Å²) in [6.07, 6.45) is 1.90. The lowest BCUT2D eigenvalue weighted by Gasteiger charge is -2.33. The number of rotatable bonds is 5. The van der Waals surface area contributed by atoms with Crippen LogP contribution < -0.4 is 0 Å². The van der Waals surface area contributed by atoms with Crippen molar-refractivity contribution >= 4 is 16.0 Å². The fourth-order valence-electron chi connectivity index (χ4n) is 2.13. The molecule has 8 heteroatoms. The highest BCUT2D eigenvalue weighted by Crippen LogP contribution is 2.28. The Balaban J connectivity index is 2.10. The minimum Gasteiger partial charge on any atom is -0.478 e. The van der Waals surface area contributed by atoms with Gasteiger partial charge in [0, 0.05) is 19.8 Å². The molecule has 0 aromatic carbocycles. The van der Waals surface area contributed by atoms with Crippen molar-refractivity contribution in [3.05, 3.63) is 23.9 Å². The number of aromatic carboxylic acids is 1. The molecule has 0 radical (unpaired) electrons.